The smallest absolute Gasteiger partial charge is 0.411 e. The molecule has 0 aromatic heterocycles. The van der Waals surface area contributed by atoms with E-state index >= 15 is 0 Å². The largest absolute Gasteiger partial charge is 0.450 e. The second kappa shape index (κ2) is 9.31. The monoisotopic (exact) mass is 398 g/mol. The van der Waals surface area contributed by atoms with Crippen molar-refractivity contribution in [3.63, 3.8) is 0 Å². The molecule has 2 aromatic rings. The Labute approximate surface area is 158 Å². The van der Waals surface area contributed by atoms with Crippen molar-refractivity contribution in [3.05, 3.63) is 54.1 Å². The number of para-hydroxylation sites is 1. The summed E-state index contributed by atoms with van der Waals surface area (Å²) >= 11 is 0.595. The number of hydrogen-bond acceptors (Lipinski definition) is 4. The number of carbonyl (C=O) groups excluding carboxylic acids is 2. The highest BCUT2D eigenvalue weighted by atomic mass is 32.2. The molecular formula is C18H17F3N2O3S. The first-order chi connectivity index (χ1) is 12.8. The van der Waals surface area contributed by atoms with E-state index in [1.807, 2.05) is 0 Å². The molecule has 27 heavy (non-hydrogen) atoms. The maximum atomic E-state index is 12.5. The summed E-state index contributed by atoms with van der Waals surface area (Å²) in [7, 11) is 0. The van der Waals surface area contributed by atoms with Gasteiger partial charge in [0, 0.05) is 16.1 Å². The van der Waals surface area contributed by atoms with E-state index < -0.39 is 23.9 Å². The highest BCUT2D eigenvalue weighted by Crippen LogP contribution is 2.32. The van der Waals surface area contributed by atoms with E-state index in [0.29, 0.717) is 22.3 Å². The van der Waals surface area contributed by atoms with Crippen LogP contribution in [-0.2, 0) is 4.74 Å². The summed E-state index contributed by atoms with van der Waals surface area (Å²) in [5.41, 5.74) is 0.876. The van der Waals surface area contributed by atoms with E-state index in [4.69, 9.17) is 4.74 Å². The van der Waals surface area contributed by atoms with Crippen molar-refractivity contribution >= 4 is 35.1 Å². The molecule has 2 rings (SSSR count). The molecule has 9 heteroatoms. The fraction of sp³-hybridized carbons (Fsp3) is 0.222. The minimum absolute atomic E-state index is 0.207. The predicted octanol–water partition coefficient (Wildman–Crippen LogP) is 5.16. The van der Waals surface area contributed by atoms with E-state index in [9.17, 15) is 22.8 Å². The van der Waals surface area contributed by atoms with E-state index in [-0.39, 0.29) is 17.9 Å². The first-order valence-corrected chi connectivity index (χ1v) is 8.91. The Hall–Kier alpha value is -2.68. The number of thioether (sulfide) groups is 1. The Morgan fingerprint density at radius 2 is 1.81 bits per heavy atom. The number of benzene rings is 2. The van der Waals surface area contributed by atoms with Gasteiger partial charge in [0.05, 0.1) is 18.0 Å². The maximum absolute atomic E-state index is 12.5. The number of hydrogen-bond donors (Lipinski definition) is 2. The van der Waals surface area contributed by atoms with Crippen LogP contribution in [0.2, 0.25) is 0 Å². The number of amides is 2. The number of rotatable bonds is 6. The highest BCUT2D eigenvalue weighted by molar-refractivity contribution is 7.99. The van der Waals surface area contributed by atoms with Crippen LogP contribution in [-0.4, -0.2) is 30.5 Å². The van der Waals surface area contributed by atoms with Gasteiger partial charge in [-0.2, -0.15) is 13.2 Å². The van der Waals surface area contributed by atoms with Crippen molar-refractivity contribution in [1.82, 2.24) is 0 Å². The van der Waals surface area contributed by atoms with Gasteiger partial charge in [0.15, 0.2) is 0 Å². The van der Waals surface area contributed by atoms with Crippen LogP contribution < -0.4 is 10.6 Å². The normalized spacial score (nSPS) is 11.0. The average molecular weight is 398 g/mol. The summed E-state index contributed by atoms with van der Waals surface area (Å²) in [4.78, 5) is 24.2. The Morgan fingerprint density at radius 1 is 1.07 bits per heavy atom. The van der Waals surface area contributed by atoms with Crippen LogP contribution in [0.5, 0.6) is 0 Å². The number of ether oxygens (including phenoxy) is 1. The molecule has 0 spiro atoms. The molecule has 2 aromatic carbocycles. The third kappa shape index (κ3) is 6.86. The van der Waals surface area contributed by atoms with Crippen LogP contribution in [0.15, 0.2) is 53.4 Å². The zero-order valence-electron chi connectivity index (χ0n) is 14.3. The Bertz CT molecular complexity index is 812. The molecule has 0 saturated carbocycles. The molecule has 0 aliphatic rings. The fourth-order valence-electron chi connectivity index (χ4n) is 2.07. The number of carbonyl (C=O) groups is 2. The lowest BCUT2D eigenvalue weighted by Gasteiger charge is -2.12. The molecule has 0 saturated heterocycles. The Morgan fingerprint density at radius 3 is 2.52 bits per heavy atom. The lowest BCUT2D eigenvalue weighted by molar-refractivity contribution is -0.105. The molecule has 2 N–H and O–H groups in total. The highest BCUT2D eigenvalue weighted by Gasteiger charge is 2.27. The third-order valence-corrected chi connectivity index (χ3v) is 4.31. The molecule has 5 nitrogen and oxygen atoms in total. The summed E-state index contributed by atoms with van der Waals surface area (Å²) < 4.78 is 42.1. The van der Waals surface area contributed by atoms with Crippen molar-refractivity contribution in [1.29, 1.82) is 0 Å². The molecule has 144 valence electrons. The van der Waals surface area contributed by atoms with E-state index in [1.165, 1.54) is 24.3 Å². The van der Waals surface area contributed by atoms with Gasteiger partial charge in [-0.05, 0) is 37.3 Å². The summed E-state index contributed by atoms with van der Waals surface area (Å²) in [5, 5.41) is 5.08. The van der Waals surface area contributed by atoms with Crippen LogP contribution in [0.3, 0.4) is 0 Å². The quantitative estimate of drug-likeness (QED) is 0.660. The van der Waals surface area contributed by atoms with Crippen LogP contribution in [0.4, 0.5) is 29.3 Å². The standard InChI is InChI=1S/C18H17F3N2O3S/c1-2-26-17(25)22-13-7-5-6-12(10-13)16(24)23-14-8-3-4-9-15(14)27-11-18(19,20)21/h3-10H,2,11H2,1H3,(H,22,25)(H,23,24). The number of alkyl halides is 3. The average Bonchev–Trinajstić information content (AvgIpc) is 2.60. The van der Waals surface area contributed by atoms with Gasteiger partial charge in [0.25, 0.3) is 5.91 Å². The van der Waals surface area contributed by atoms with E-state index in [0.717, 1.165) is 0 Å². The first kappa shape index (κ1) is 20.6. The molecular weight excluding hydrogens is 381 g/mol. The van der Waals surface area contributed by atoms with Gasteiger partial charge in [-0.3, -0.25) is 10.1 Å². The van der Waals surface area contributed by atoms with Crippen molar-refractivity contribution in [2.24, 2.45) is 0 Å². The molecule has 0 aliphatic carbocycles. The molecule has 0 unspecified atom stereocenters. The second-order valence-corrected chi connectivity index (χ2v) is 6.30. The zero-order valence-corrected chi connectivity index (χ0v) is 15.1. The van der Waals surface area contributed by atoms with Crippen molar-refractivity contribution in [2.45, 2.75) is 18.0 Å². The minimum atomic E-state index is -4.31. The lowest BCUT2D eigenvalue weighted by Crippen LogP contribution is -2.16. The van der Waals surface area contributed by atoms with Gasteiger partial charge in [0.1, 0.15) is 0 Å². The van der Waals surface area contributed by atoms with Crippen LogP contribution >= 0.6 is 11.8 Å². The van der Waals surface area contributed by atoms with Gasteiger partial charge in [-0.15, -0.1) is 11.8 Å². The van der Waals surface area contributed by atoms with E-state index in [2.05, 4.69) is 10.6 Å². The van der Waals surface area contributed by atoms with Gasteiger partial charge < -0.3 is 10.1 Å². The van der Waals surface area contributed by atoms with Crippen LogP contribution in [0.1, 0.15) is 17.3 Å². The second-order valence-electron chi connectivity index (χ2n) is 5.28. The maximum Gasteiger partial charge on any atom is 0.411 e. The molecule has 0 atom stereocenters. The lowest BCUT2D eigenvalue weighted by atomic mass is 10.2. The minimum Gasteiger partial charge on any atom is -0.450 e. The summed E-state index contributed by atoms with van der Waals surface area (Å²) in [6.45, 7) is 1.87. The molecule has 0 aliphatic heterocycles. The predicted molar refractivity (Wildman–Crippen MR) is 98.3 cm³/mol. The van der Waals surface area contributed by atoms with Gasteiger partial charge >= 0.3 is 12.3 Å². The van der Waals surface area contributed by atoms with Crippen LogP contribution in [0, 0.1) is 0 Å². The molecule has 0 fully saturated rings. The molecule has 0 heterocycles. The molecule has 0 radical (unpaired) electrons. The van der Waals surface area contributed by atoms with Crippen molar-refractivity contribution in [3.8, 4) is 0 Å². The molecule has 0 bridgehead atoms. The van der Waals surface area contributed by atoms with E-state index in [1.54, 1.807) is 31.2 Å². The topological polar surface area (TPSA) is 67.4 Å². The first-order valence-electron chi connectivity index (χ1n) is 7.92. The van der Waals surface area contributed by atoms with Crippen molar-refractivity contribution in [2.75, 3.05) is 23.0 Å². The van der Waals surface area contributed by atoms with Gasteiger partial charge in [-0.1, -0.05) is 18.2 Å². The summed E-state index contributed by atoms with van der Waals surface area (Å²) in [6.07, 6.45) is -4.96. The van der Waals surface area contributed by atoms with Crippen molar-refractivity contribution < 1.29 is 27.5 Å². The third-order valence-electron chi connectivity index (χ3n) is 3.17. The zero-order chi connectivity index (χ0) is 19.9. The van der Waals surface area contributed by atoms with Crippen LogP contribution in [0.25, 0.3) is 0 Å². The number of halogens is 3. The Balaban J connectivity index is 2.10. The molecule has 2 amide bonds. The SMILES string of the molecule is CCOC(=O)Nc1cccc(C(=O)Nc2ccccc2SCC(F)(F)F)c1. The summed E-state index contributed by atoms with van der Waals surface area (Å²) in [6, 6.07) is 12.4. The summed E-state index contributed by atoms with van der Waals surface area (Å²) in [5.74, 6) is -1.57. The fourth-order valence-corrected chi connectivity index (χ4v) is 2.84. The number of nitrogens with one attached hydrogen (secondary N) is 2. The Kier molecular flexibility index (Phi) is 7.12. The van der Waals surface area contributed by atoms with Gasteiger partial charge in [0.2, 0.25) is 0 Å². The number of anilines is 2. The van der Waals surface area contributed by atoms with Gasteiger partial charge in [-0.25, -0.2) is 4.79 Å².